The zero-order valence-corrected chi connectivity index (χ0v) is 13.1. The first-order valence-corrected chi connectivity index (χ1v) is 8.59. The Kier molecular flexibility index (Phi) is 5.66. The van der Waals surface area contributed by atoms with Crippen molar-refractivity contribution in [2.24, 2.45) is 11.8 Å². The van der Waals surface area contributed by atoms with E-state index in [0.29, 0.717) is 12.5 Å². The van der Waals surface area contributed by atoms with Gasteiger partial charge >= 0.3 is 0 Å². The molecule has 0 atom stereocenters. The second kappa shape index (κ2) is 6.38. The fraction of sp³-hybridized carbons (Fsp3) is 1.00. The summed E-state index contributed by atoms with van der Waals surface area (Å²) in [5.74, 6) is 0.639. The minimum atomic E-state index is -3.44. The lowest BCUT2D eigenvalue weighted by Crippen LogP contribution is -2.43. The highest BCUT2D eigenvalue weighted by Crippen LogP contribution is 2.41. The van der Waals surface area contributed by atoms with Gasteiger partial charge in [-0.15, -0.1) is 0 Å². The zero-order valence-electron chi connectivity index (χ0n) is 12.2. The monoisotopic (exact) mass is 276 g/mol. The van der Waals surface area contributed by atoms with Crippen molar-refractivity contribution in [3.8, 4) is 0 Å². The molecule has 0 radical (unpaired) electrons. The van der Waals surface area contributed by atoms with Crippen LogP contribution in [0, 0.1) is 11.8 Å². The van der Waals surface area contributed by atoms with E-state index in [1.165, 1.54) is 0 Å². The van der Waals surface area contributed by atoms with Gasteiger partial charge in [0, 0.05) is 0 Å². The second-order valence-electron chi connectivity index (χ2n) is 6.47. The summed E-state index contributed by atoms with van der Waals surface area (Å²) < 4.78 is 29.7. The molecular weight excluding hydrogens is 248 g/mol. The largest absolute Gasteiger partial charge is 0.273 e. The molecule has 1 aliphatic carbocycles. The van der Waals surface area contributed by atoms with Crippen LogP contribution in [0.25, 0.3) is 0 Å². The van der Waals surface area contributed by atoms with Gasteiger partial charge < -0.3 is 0 Å². The van der Waals surface area contributed by atoms with Crippen LogP contribution in [-0.2, 0) is 14.3 Å². The molecule has 0 amide bonds. The SMILES string of the molecule is CC(C)COS(=O)(=O)C1(CC(C)C)CCCCC1. The van der Waals surface area contributed by atoms with Crippen LogP contribution in [0.2, 0.25) is 0 Å². The predicted octanol–water partition coefficient (Wildman–Crippen LogP) is 3.74. The molecular formula is C14H28O3S. The van der Waals surface area contributed by atoms with Crippen molar-refractivity contribution in [2.75, 3.05) is 6.61 Å². The van der Waals surface area contributed by atoms with E-state index >= 15 is 0 Å². The summed E-state index contributed by atoms with van der Waals surface area (Å²) in [5, 5.41) is 0. The van der Waals surface area contributed by atoms with Crippen molar-refractivity contribution >= 4 is 10.1 Å². The van der Waals surface area contributed by atoms with E-state index in [2.05, 4.69) is 13.8 Å². The van der Waals surface area contributed by atoms with Gasteiger partial charge in [-0.2, -0.15) is 8.42 Å². The molecule has 1 rings (SSSR count). The highest BCUT2D eigenvalue weighted by molar-refractivity contribution is 7.88. The van der Waals surface area contributed by atoms with Crippen LogP contribution in [-0.4, -0.2) is 19.8 Å². The predicted molar refractivity (Wildman–Crippen MR) is 75.0 cm³/mol. The van der Waals surface area contributed by atoms with Gasteiger partial charge in [0.05, 0.1) is 11.4 Å². The van der Waals surface area contributed by atoms with Crippen molar-refractivity contribution in [2.45, 2.75) is 71.0 Å². The van der Waals surface area contributed by atoms with Gasteiger partial charge in [-0.3, -0.25) is 4.18 Å². The normalized spacial score (nSPS) is 20.6. The van der Waals surface area contributed by atoms with E-state index in [-0.39, 0.29) is 5.92 Å². The van der Waals surface area contributed by atoms with E-state index in [1.807, 2.05) is 13.8 Å². The van der Waals surface area contributed by atoms with E-state index in [1.54, 1.807) is 0 Å². The van der Waals surface area contributed by atoms with Gasteiger partial charge in [-0.05, 0) is 31.1 Å². The summed E-state index contributed by atoms with van der Waals surface area (Å²) in [4.78, 5) is 0. The van der Waals surface area contributed by atoms with Crippen LogP contribution in [0.15, 0.2) is 0 Å². The summed E-state index contributed by atoms with van der Waals surface area (Å²) >= 11 is 0. The van der Waals surface area contributed by atoms with Gasteiger partial charge in [-0.1, -0.05) is 47.0 Å². The third-order valence-electron chi connectivity index (χ3n) is 3.63. The molecule has 0 aromatic heterocycles. The molecule has 1 aliphatic rings. The highest BCUT2D eigenvalue weighted by atomic mass is 32.2. The fourth-order valence-corrected chi connectivity index (χ4v) is 4.87. The Bertz CT molecular complexity index is 338. The molecule has 0 aromatic carbocycles. The van der Waals surface area contributed by atoms with E-state index in [0.717, 1.165) is 38.5 Å². The number of hydrogen-bond donors (Lipinski definition) is 0. The van der Waals surface area contributed by atoms with Gasteiger partial charge in [0.25, 0.3) is 10.1 Å². The number of hydrogen-bond acceptors (Lipinski definition) is 3. The Morgan fingerprint density at radius 3 is 2.00 bits per heavy atom. The molecule has 108 valence electrons. The Balaban J connectivity index is 2.87. The standard InChI is InChI=1S/C14H28O3S/c1-12(2)10-14(8-6-5-7-9-14)18(15,16)17-11-13(3)4/h12-13H,5-11H2,1-4H3. The van der Waals surface area contributed by atoms with Gasteiger partial charge in [0.15, 0.2) is 0 Å². The molecule has 1 saturated carbocycles. The Labute approximate surface area is 112 Å². The molecule has 3 nitrogen and oxygen atoms in total. The average Bonchev–Trinajstić information content (AvgIpc) is 2.26. The molecule has 0 N–H and O–H groups in total. The maximum atomic E-state index is 12.5. The Morgan fingerprint density at radius 2 is 1.56 bits per heavy atom. The Morgan fingerprint density at radius 1 is 1.00 bits per heavy atom. The Hall–Kier alpha value is -0.0900. The van der Waals surface area contributed by atoms with Crippen molar-refractivity contribution in [1.82, 2.24) is 0 Å². The molecule has 1 fully saturated rings. The van der Waals surface area contributed by atoms with Gasteiger partial charge in [0.2, 0.25) is 0 Å². The molecule has 0 unspecified atom stereocenters. The first-order chi connectivity index (χ1) is 8.29. The smallest absolute Gasteiger partial charge is 0.269 e. The van der Waals surface area contributed by atoms with E-state index < -0.39 is 14.9 Å². The van der Waals surface area contributed by atoms with Crippen LogP contribution in [0.1, 0.15) is 66.2 Å². The lowest BCUT2D eigenvalue weighted by molar-refractivity contribution is 0.233. The molecule has 0 aromatic rings. The highest BCUT2D eigenvalue weighted by Gasteiger charge is 2.45. The molecule has 0 saturated heterocycles. The summed E-state index contributed by atoms with van der Waals surface area (Å²) in [6.07, 6.45) is 5.44. The minimum absolute atomic E-state index is 0.250. The summed E-state index contributed by atoms with van der Waals surface area (Å²) in [5.41, 5.74) is 0. The summed E-state index contributed by atoms with van der Waals surface area (Å²) in [6, 6.07) is 0. The third kappa shape index (κ3) is 3.95. The molecule has 0 spiro atoms. The molecule has 0 bridgehead atoms. The van der Waals surface area contributed by atoms with Gasteiger partial charge in [0.1, 0.15) is 0 Å². The first kappa shape index (κ1) is 16.0. The lowest BCUT2D eigenvalue weighted by atomic mass is 9.83. The van der Waals surface area contributed by atoms with E-state index in [9.17, 15) is 8.42 Å². The topological polar surface area (TPSA) is 43.4 Å². The van der Waals surface area contributed by atoms with E-state index in [4.69, 9.17) is 4.18 Å². The third-order valence-corrected chi connectivity index (χ3v) is 5.71. The maximum absolute atomic E-state index is 12.5. The minimum Gasteiger partial charge on any atom is -0.269 e. The first-order valence-electron chi connectivity index (χ1n) is 7.18. The summed E-state index contributed by atoms with van der Waals surface area (Å²) in [7, 11) is -3.44. The van der Waals surface area contributed by atoms with Crippen LogP contribution in [0.3, 0.4) is 0 Å². The quantitative estimate of drug-likeness (QED) is 0.694. The van der Waals surface area contributed by atoms with Crippen LogP contribution in [0.5, 0.6) is 0 Å². The van der Waals surface area contributed by atoms with Crippen LogP contribution >= 0.6 is 0 Å². The number of rotatable bonds is 6. The van der Waals surface area contributed by atoms with Gasteiger partial charge in [-0.25, -0.2) is 0 Å². The lowest BCUT2D eigenvalue weighted by Gasteiger charge is -2.37. The maximum Gasteiger partial charge on any atom is 0.273 e. The average molecular weight is 276 g/mol. The van der Waals surface area contributed by atoms with Crippen molar-refractivity contribution in [1.29, 1.82) is 0 Å². The summed E-state index contributed by atoms with van der Waals surface area (Å²) in [6.45, 7) is 8.45. The van der Waals surface area contributed by atoms with Crippen molar-refractivity contribution < 1.29 is 12.6 Å². The molecule has 0 heterocycles. The molecule has 0 aliphatic heterocycles. The van der Waals surface area contributed by atoms with Crippen molar-refractivity contribution in [3.05, 3.63) is 0 Å². The van der Waals surface area contributed by atoms with Crippen LogP contribution in [0.4, 0.5) is 0 Å². The second-order valence-corrected chi connectivity index (χ2v) is 8.48. The molecule has 18 heavy (non-hydrogen) atoms. The molecule has 4 heteroatoms. The fourth-order valence-electron chi connectivity index (χ4n) is 2.85. The van der Waals surface area contributed by atoms with Crippen molar-refractivity contribution in [3.63, 3.8) is 0 Å². The zero-order chi connectivity index (χ0) is 13.8. The van der Waals surface area contributed by atoms with Crippen LogP contribution < -0.4 is 0 Å².